The fourth-order valence-corrected chi connectivity index (χ4v) is 3.15. The van der Waals surface area contributed by atoms with Crippen LogP contribution >= 0.6 is 34.7 Å². The van der Waals surface area contributed by atoms with E-state index in [1.165, 1.54) is 11.3 Å². The fourth-order valence-electron chi connectivity index (χ4n) is 1.19. The van der Waals surface area contributed by atoms with Gasteiger partial charge in [-0.25, -0.2) is 9.78 Å². The second-order valence-corrected chi connectivity index (χ2v) is 5.54. The first-order valence-electron chi connectivity index (χ1n) is 4.71. The van der Waals surface area contributed by atoms with Crippen LogP contribution in [-0.4, -0.2) is 16.1 Å². The van der Waals surface area contributed by atoms with Gasteiger partial charge in [0.25, 0.3) is 0 Å². The number of carboxylic acid groups (broad SMARTS) is 1. The number of aromatic carboxylic acids is 1. The van der Waals surface area contributed by atoms with Crippen LogP contribution in [0.25, 0.3) is 0 Å². The molecule has 1 N–H and O–H groups in total. The Kier molecular flexibility index (Phi) is 4.04. The van der Waals surface area contributed by atoms with Gasteiger partial charge >= 0.3 is 5.97 Å². The van der Waals surface area contributed by atoms with Crippen molar-refractivity contribution in [3.63, 3.8) is 0 Å². The van der Waals surface area contributed by atoms with Crippen LogP contribution in [0.3, 0.4) is 0 Å². The number of aromatic nitrogens is 1. The zero-order valence-electron chi connectivity index (χ0n) is 8.59. The summed E-state index contributed by atoms with van der Waals surface area (Å²) in [5.41, 5.74) is 0.880. The highest BCUT2D eigenvalue weighted by molar-refractivity contribution is 7.98. The molecular formula is C11H8ClNO2S2. The second-order valence-electron chi connectivity index (χ2n) is 3.19. The third-order valence-corrected chi connectivity index (χ3v) is 4.23. The molecule has 0 bridgehead atoms. The maximum absolute atomic E-state index is 10.7. The summed E-state index contributed by atoms with van der Waals surface area (Å²) in [6.45, 7) is 0. The molecule has 6 heteroatoms. The van der Waals surface area contributed by atoms with Crippen LogP contribution in [0.1, 0.15) is 15.4 Å². The Morgan fingerprint density at radius 2 is 2.35 bits per heavy atom. The third kappa shape index (κ3) is 3.46. The smallest absolute Gasteiger partial charge is 0.345 e. The topological polar surface area (TPSA) is 50.2 Å². The van der Waals surface area contributed by atoms with E-state index in [9.17, 15) is 4.79 Å². The third-order valence-electron chi connectivity index (χ3n) is 1.95. The van der Waals surface area contributed by atoms with Crippen molar-refractivity contribution in [1.82, 2.24) is 4.98 Å². The van der Waals surface area contributed by atoms with Crippen molar-refractivity contribution in [2.45, 2.75) is 10.6 Å². The molecular weight excluding hydrogens is 278 g/mol. The first kappa shape index (κ1) is 12.4. The number of pyridine rings is 1. The summed E-state index contributed by atoms with van der Waals surface area (Å²) in [5, 5.41) is 11.1. The normalized spacial score (nSPS) is 10.4. The van der Waals surface area contributed by atoms with Crippen molar-refractivity contribution in [2.24, 2.45) is 0 Å². The van der Waals surface area contributed by atoms with Crippen LogP contribution < -0.4 is 0 Å². The van der Waals surface area contributed by atoms with Gasteiger partial charge in [0.1, 0.15) is 10.0 Å². The molecule has 2 aromatic rings. The number of rotatable bonds is 4. The summed E-state index contributed by atoms with van der Waals surface area (Å²) in [5.74, 6) is -0.209. The minimum atomic E-state index is -0.886. The fraction of sp³-hybridized carbons (Fsp3) is 0.0909. The van der Waals surface area contributed by atoms with Crippen molar-refractivity contribution in [3.05, 3.63) is 45.4 Å². The summed E-state index contributed by atoms with van der Waals surface area (Å²) in [4.78, 5) is 16.2. The molecule has 2 aromatic heterocycles. The number of hydrogen-bond acceptors (Lipinski definition) is 4. The van der Waals surface area contributed by atoms with Crippen LogP contribution in [-0.2, 0) is 5.75 Å². The van der Waals surface area contributed by atoms with Gasteiger partial charge < -0.3 is 5.11 Å². The van der Waals surface area contributed by atoms with Gasteiger partial charge in [0.15, 0.2) is 0 Å². The Bertz CT molecular complexity index is 542. The average molecular weight is 286 g/mol. The Morgan fingerprint density at radius 1 is 1.53 bits per heavy atom. The molecule has 0 aliphatic heterocycles. The molecule has 0 spiro atoms. The van der Waals surface area contributed by atoms with Crippen LogP contribution in [0, 0.1) is 0 Å². The van der Waals surface area contributed by atoms with E-state index in [1.54, 1.807) is 23.9 Å². The summed E-state index contributed by atoms with van der Waals surface area (Å²) in [6.07, 6.45) is 0. The minimum Gasteiger partial charge on any atom is -0.477 e. The molecule has 0 saturated carbocycles. The molecule has 2 heterocycles. The molecule has 0 unspecified atom stereocenters. The van der Waals surface area contributed by atoms with E-state index in [1.807, 2.05) is 17.5 Å². The van der Waals surface area contributed by atoms with Gasteiger partial charge in [-0.2, -0.15) is 0 Å². The van der Waals surface area contributed by atoms with Gasteiger partial charge in [-0.15, -0.1) is 23.1 Å². The number of carboxylic acids is 1. The maximum atomic E-state index is 10.7. The zero-order valence-corrected chi connectivity index (χ0v) is 11.0. The van der Waals surface area contributed by atoms with Crippen molar-refractivity contribution >= 4 is 40.7 Å². The number of thiophene rings is 1. The van der Waals surface area contributed by atoms with Crippen molar-refractivity contribution in [2.75, 3.05) is 0 Å². The first-order chi connectivity index (χ1) is 8.15. The summed E-state index contributed by atoms with van der Waals surface area (Å²) < 4.78 is 0. The lowest BCUT2D eigenvalue weighted by atomic mass is 10.4. The summed E-state index contributed by atoms with van der Waals surface area (Å²) in [7, 11) is 0. The Morgan fingerprint density at radius 3 is 3.00 bits per heavy atom. The van der Waals surface area contributed by atoms with E-state index >= 15 is 0 Å². The molecule has 3 nitrogen and oxygen atoms in total. The Hall–Kier alpha value is -1.04. The van der Waals surface area contributed by atoms with Gasteiger partial charge in [0.2, 0.25) is 0 Å². The van der Waals surface area contributed by atoms with Crippen LogP contribution in [0.4, 0.5) is 0 Å². The lowest BCUT2D eigenvalue weighted by Gasteiger charge is -1.99. The Labute approximate surface area is 111 Å². The number of hydrogen-bond donors (Lipinski definition) is 1. The van der Waals surface area contributed by atoms with E-state index in [0.717, 1.165) is 10.6 Å². The van der Waals surface area contributed by atoms with Crippen molar-refractivity contribution in [1.29, 1.82) is 0 Å². The van der Waals surface area contributed by atoms with Gasteiger partial charge in [-0.3, -0.25) is 0 Å². The van der Waals surface area contributed by atoms with Crippen LogP contribution in [0.5, 0.6) is 0 Å². The lowest BCUT2D eigenvalue weighted by Crippen LogP contribution is -1.90. The number of nitrogens with zero attached hydrogens (tertiary/aromatic N) is 1. The van der Waals surface area contributed by atoms with Gasteiger partial charge in [-0.1, -0.05) is 17.7 Å². The standard InChI is InChI=1S/C11H8ClNO2S2/c12-10-3-1-2-7(13-10)5-16-8-4-9(11(14)15)17-6-8/h1-4,6H,5H2,(H,14,15). The highest BCUT2D eigenvalue weighted by atomic mass is 35.5. The molecule has 2 rings (SSSR count). The van der Waals surface area contributed by atoms with E-state index in [2.05, 4.69) is 4.98 Å². The van der Waals surface area contributed by atoms with Gasteiger partial charge in [0, 0.05) is 16.0 Å². The van der Waals surface area contributed by atoms with E-state index in [-0.39, 0.29) is 0 Å². The molecule has 0 fully saturated rings. The average Bonchev–Trinajstić information content (AvgIpc) is 2.75. The van der Waals surface area contributed by atoms with Gasteiger partial charge in [0.05, 0.1) is 5.69 Å². The molecule has 0 aliphatic carbocycles. The molecule has 88 valence electrons. The first-order valence-corrected chi connectivity index (χ1v) is 6.95. The minimum absolute atomic E-state index is 0.353. The molecule has 0 aliphatic rings. The molecule has 0 aromatic carbocycles. The maximum Gasteiger partial charge on any atom is 0.345 e. The largest absolute Gasteiger partial charge is 0.477 e. The monoisotopic (exact) mass is 285 g/mol. The van der Waals surface area contributed by atoms with Crippen molar-refractivity contribution < 1.29 is 9.90 Å². The zero-order chi connectivity index (χ0) is 12.3. The molecule has 0 atom stereocenters. The van der Waals surface area contributed by atoms with E-state index in [0.29, 0.717) is 15.8 Å². The highest BCUT2D eigenvalue weighted by Crippen LogP contribution is 2.27. The molecule has 0 amide bonds. The van der Waals surface area contributed by atoms with Crippen LogP contribution in [0.2, 0.25) is 5.15 Å². The number of carbonyl (C=O) groups is 1. The van der Waals surface area contributed by atoms with Crippen LogP contribution in [0.15, 0.2) is 34.5 Å². The van der Waals surface area contributed by atoms with Gasteiger partial charge in [-0.05, 0) is 18.2 Å². The predicted octanol–water partition coefficient (Wildman–Crippen LogP) is 3.79. The van der Waals surface area contributed by atoms with Crippen molar-refractivity contribution in [3.8, 4) is 0 Å². The van der Waals surface area contributed by atoms with E-state index in [4.69, 9.17) is 16.7 Å². The second kappa shape index (κ2) is 5.53. The molecule has 0 saturated heterocycles. The number of thioether (sulfide) groups is 1. The lowest BCUT2D eigenvalue weighted by molar-refractivity contribution is 0.0702. The summed E-state index contributed by atoms with van der Waals surface area (Å²) >= 11 is 8.55. The quantitative estimate of drug-likeness (QED) is 0.686. The predicted molar refractivity (Wildman–Crippen MR) is 70.1 cm³/mol. The molecule has 17 heavy (non-hydrogen) atoms. The molecule has 0 radical (unpaired) electrons. The van der Waals surface area contributed by atoms with E-state index < -0.39 is 5.97 Å². The SMILES string of the molecule is O=C(O)c1cc(SCc2cccc(Cl)n2)cs1. The summed E-state index contributed by atoms with van der Waals surface area (Å²) in [6, 6.07) is 7.13. The Balaban J connectivity index is 2.00. The number of halogens is 1. The highest BCUT2D eigenvalue weighted by Gasteiger charge is 2.07.